The highest BCUT2D eigenvalue weighted by Gasteiger charge is 2.30. The van der Waals surface area contributed by atoms with Gasteiger partial charge in [0, 0.05) is 18.8 Å². The van der Waals surface area contributed by atoms with Crippen molar-refractivity contribution in [3.63, 3.8) is 0 Å². The first-order valence-corrected chi connectivity index (χ1v) is 8.13. The van der Waals surface area contributed by atoms with Crippen molar-refractivity contribution in [2.45, 2.75) is 38.5 Å². The van der Waals surface area contributed by atoms with Gasteiger partial charge in [0.1, 0.15) is 0 Å². The summed E-state index contributed by atoms with van der Waals surface area (Å²) in [5, 5.41) is 0. The second kappa shape index (κ2) is 5.13. The van der Waals surface area contributed by atoms with Gasteiger partial charge in [-0.25, -0.2) is 8.42 Å². The van der Waals surface area contributed by atoms with Crippen molar-refractivity contribution in [2.24, 2.45) is 5.92 Å². The Morgan fingerprint density at radius 2 is 1.63 bits per heavy atom. The molecule has 19 heavy (non-hydrogen) atoms. The standard InChI is InChI=1S/C14H22N2O2S/c1-10-4-6-16(7-5-10)19(17,18)14-11(2)8-13(15)9-12(14)3/h8-10H,4-7,15H2,1-3H3. The smallest absolute Gasteiger partial charge is 0.243 e. The highest BCUT2D eigenvalue weighted by atomic mass is 32.2. The first-order chi connectivity index (χ1) is 8.82. The highest BCUT2D eigenvalue weighted by molar-refractivity contribution is 7.89. The summed E-state index contributed by atoms with van der Waals surface area (Å²) in [6.07, 6.45) is 1.87. The van der Waals surface area contributed by atoms with Crippen LogP contribution in [-0.2, 0) is 10.0 Å². The molecule has 106 valence electrons. The van der Waals surface area contributed by atoms with E-state index in [0.717, 1.165) is 24.0 Å². The third-order valence-electron chi connectivity index (χ3n) is 3.82. The van der Waals surface area contributed by atoms with Crippen LogP contribution in [0.5, 0.6) is 0 Å². The number of aryl methyl sites for hydroxylation is 2. The van der Waals surface area contributed by atoms with Crippen molar-refractivity contribution in [3.8, 4) is 0 Å². The van der Waals surface area contributed by atoms with Gasteiger partial charge >= 0.3 is 0 Å². The second-order valence-corrected chi connectivity index (χ2v) is 7.45. The Morgan fingerprint density at radius 3 is 2.11 bits per heavy atom. The van der Waals surface area contributed by atoms with Crippen molar-refractivity contribution in [2.75, 3.05) is 18.8 Å². The van der Waals surface area contributed by atoms with Crippen LogP contribution < -0.4 is 5.73 Å². The molecule has 1 aromatic rings. The van der Waals surface area contributed by atoms with Crippen LogP contribution in [0.4, 0.5) is 5.69 Å². The number of nitrogens with zero attached hydrogens (tertiary/aromatic N) is 1. The molecule has 0 amide bonds. The van der Waals surface area contributed by atoms with Crippen LogP contribution in [0.2, 0.25) is 0 Å². The number of rotatable bonds is 2. The SMILES string of the molecule is Cc1cc(N)cc(C)c1S(=O)(=O)N1CCC(C)CC1. The molecule has 0 aromatic heterocycles. The number of benzene rings is 1. The molecule has 1 aromatic carbocycles. The fourth-order valence-electron chi connectivity index (χ4n) is 2.75. The molecular formula is C14H22N2O2S. The lowest BCUT2D eigenvalue weighted by atomic mass is 10.0. The summed E-state index contributed by atoms with van der Waals surface area (Å²) < 4.78 is 27.1. The van der Waals surface area contributed by atoms with Gasteiger partial charge in [-0.3, -0.25) is 0 Å². The molecule has 2 N–H and O–H groups in total. The first-order valence-electron chi connectivity index (χ1n) is 6.69. The number of nitrogen functional groups attached to an aromatic ring is 1. The van der Waals surface area contributed by atoms with Gasteiger partial charge in [0.15, 0.2) is 0 Å². The third kappa shape index (κ3) is 2.77. The lowest BCUT2D eigenvalue weighted by Crippen LogP contribution is -2.38. The number of hydrogen-bond acceptors (Lipinski definition) is 3. The predicted molar refractivity (Wildman–Crippen MR) is 77.5 cm³/mol. The van der Waals surface area contributed by atoms with Gasteiger partial charge in [-0.1, -0.05) is 6.92 Å². The van der Waals surface area contributed by atoms with E-state index in [9.17, 15) is 8.42 Å². The summed E-state index contributed by atoms with van der Waals surface area (Å²) in [7, 11) is -3.39. The monoisotopic (exact) mass is 282 g/mol. The quantitative estimate of drug-likeness (QED) is 0.847. The molecule has 0 bridgehead atoms. The molecule has 1 fully saturated rings. The summed E-state index contributed by atoms with van der Waals surface area (Å²) in [6.45, 7) is 7.02. The topological polar surface area (TPSA) is 63.4 Å². The Labute approximate surface area is 115 Å². The van der Waals surface area contributed by atoms with E-state index in [4.69, 9.17) is 5.73 Å². The molecule has 1 aliphatic heterocycles. The Balaban J connectivity index is 2.40. The van der Waals surface area contributed by atoms with Gasteiger partial charge in [-0.2, -0.15) is 4.31 Å². The maximum absolute atomic E-state index is 12.7. The molecule has 1 aliphatic rings. The van der Waals surface area contributed by atoms with E-state index in [2.05, 4.69) is 6.92 Å². The van der Waals surface area contributed by atoms with E-state index in [1.54, 1.807) is 16.4 Å². The molecule has 0 atom stereocenters. The van der Waals surface area contributed by atoms with Crippen molar-refractivity contribution in [3.05, 3.63) is 23.3 Å². The van der Waals surface area contributed by atoms with Crippen LogP contribution in [0, 0.1) is 19.8 Å². The van der Waals surface area contributed by atoms with Gasteiger partial charge in [0.25, 0.3) is 0 Å². The zero-order chi connectivity index (χ0) is 14.2. The lowest BCUT2D eigenvalue weighted by Gasteiger charge is -2.30. The number of anilines is 1. The molecular weight excluding hydrogens is 260 g/mol. The Hall–Kier alpha value is -1.07. The molecule has 0 saturated carbocycles. The Bertz CT molecular complexity index is 550. The number of piperidine rings is 1. The maximum Gasteiger partial charge on any atom is 0.243 e. The molecule has 1 heterocycles. The highest BCUT2D eigenvalue weighted by Crippen LogP contribution is 2.29. The summed E-state index contributed by atoms with van der Waals surface area (Å²) in [6, 6.07) is 3.46. The minimum Gasteiger partial charge on any atom is -0.399 e. The Morgan fingerprint density at radius 1 is 1.16 bits per heavy atom. The van der Waals surface area contributed by atoms with Crippen LogP contribution in [0.3, 0.4) is 0 Å². The molecule has 1 saturated heterocycles. The minimum absolute atomic E-state index is 0.427. The third-order valence-corrected chi connectivity index (χ3v) is 6.03. The summed E-state index contributed by atoms with van der Waals surface area (Å²) in [5.41, 5.74) is 7.84. The maximum atomic E-state index is 12.7. The van der Waals surface area contributed by atoms with E-state index >= 15 is 0 Å². The zero-order valence-electron chi connectivity index (χ0n) is 11.8. The molecule has 5 heteroatoms. The fraction of sp³-hybridized carbons (Fsp3) is 0.571. The minimum atomic E-state index is -3.39. The van der Waals surface area contributed by atoms with Crippen LogP contribution in [-0.4, -0.2) is 25.8 Å². The van der Waals surface area contributed by atoms with Gasteiger partial charge < -0.3 is 5.73 Å². The molecule has 0 radical (unpaired) electrons. The largest absolute Gasteiger partial charge is 0.399 e. The van der Waals surface area contributed by atoms with E-state index in [0.29, 0.717) is 29.6 Å². The first kappa shape index (κ1) is 14.3. The fourth-order valence-corrected chi connectivity index (χ4v) is 4.63. The van der Waals surface area contributed by atoms with Crippen molar-refractivity contribution < 1.29 is 8.42 Å². The summed E-state index contributed by atoms with van der Waals surface area (Å²) >= 11 is 0. The normalized spacial score (nSPS) is 18.7. The molecule has 0 aliphatic carbocycles. The van der Waals surface area contributed by atoms with Crippen molar-refractivity contribution >= 4 is 15.7 Å². The van der Waals surface area contributed by atoms with Gasteiger partial charge in [0.2, 0.25) is 10.0 Å². The molecule has 2 rings (SSSR count). The number of sulfonamides is 1. The van der Waals surface area contributed by atoms with Gasteiger partial charge in [-0.05, 0) is 55.9 Å². The summed E-state index contributed by atoms with van der Waals surface area (Å²) in [4.78, 5) is 0.427. The Kier molecular flexibility index (Phi) is 3.87. The van der Waals surface area contributed by atoms with E-state index in [1.165, 1.54) is 0 Å². The van der Waals surface area contributed by atoms with Gasteiger partial charge in [-0.15, -0.1) is 0 Å². The van der Waals surface area contributed by atoms with Crippen LogP contribution >= 0.6 is 0 Å². The van der Waals surface area contributed by atoms with E-state index in [-0.39, 0.29) is 0 Å². The van der Waals surface area contributed by atoms with E-state index in [1.807, 2.05) is 13.8 Å². The number of hydrogen-bond donors (Lipinski definition) is 1. The predicted octanol–water partition coefficient (Wildman–Crippen LogP) is 2.31. The average molecular weight is 282 g/mol. The van der Waals surface area contributed by atoms with Crippen molar-refractivity contribution in [1.29, 1.82) is 0 Å². The zero-order valence-corrected chi connectivity index (χ0v) is 12.6. The number of nitrogens with two attached hydrogens (primary N) is 1. The second-order valence-electron chi connectivity index (χ2n) is 5.57. The van der Waals surface area contributed by atoms with Crippen LogP contribution in [0.1, 0.15) is 30.9 Å². The molecule has 4 nitrogen and oxygen atoms in total. The van der Waals surface area contributed by atoms with Crippen LogP contribution in [0.15, 0.2) is 17.0 Å². The summed E-state index contributed by atoms with van der Waals surface area (Å²) in [5.74, 6) is 0.611. The van der Waals surface area contributed by atoms with E-state index < -0.39 is 10.0 Å². The molecule has 0 unspecified atom stereocenters. The van der Waals surface area contributed by atoms with Crippen molar-refractivity contribution in [1.82, 2.24) is 4.31 Å². The lowest BCUT2D eigenvalue weighted by molar-refractivity contribution is 0.288. The molecule has 0 spiro atoms. The van der Waals surface area contributed by atoms with Crippen LogP contribution in [0.25, 0.3) is 0 Å². The van der Waals surface area contributed by atoms with Gasteiger partial charge in [0.05, 0.1) is 4.90 Å². The average Bonchev–Trinajstić information content (AvgIpc) is 2.27.